The summed E-state index contributed by atoms with van der Waals surface area (Å²) in [5.41, 5.74) is 0.664. The Morgan fingerprint density at radius 3 is 2.27 bits per heavy atom. The van der Waals surface area contributed by atoms with Gasteiger partial charge in [0, 0.05) is 22.5 Å². The molecule has 4 aromatic rings. The highest BCUT2D eigenvalue weighted by molar-refractivity contribution is 7.10. The second kappa shape index (κ2) is 11.0. The van der Waals surface area contributed by atoms with Crippen LogP contribution in [0.3, 0.4) is 0 Å². The molecule has 0 saturated heterocycles. The van der Waals surface area contributed by atoms with E-state index in [2.05, 4.69) is 20.7 Å². The van der Waals surface area contributed by atoms with Gasteiger partial charge in [-0.2, -0.15) is 4.80 Å². The van der Waals surface area contributed by atoms with Gasteiger partial charge in [-0.15, -0.1) is 21.5 Å². The van der Waals surface area contributed by atoms with Gasteiger partial charge in [0.25, 0.3) is 0 Å². The number of tetrazole rings is 1. The third-order valence-electron chi connectivity index (χ3n) is 5.29. The molecule has 0 spiro atoms. The number of thiophene rings is 1. The highest BCUT2D eigenvalue weighted by Crippen LogP contribution is 2.28. The highest BCUT2D eigenvalue weighted by atomic mass is 32.1. The first-order chi connectivity index (χ1) is 17.6. The Hall–Kier alpha value is -3.99. The van der Waals surface area contributed by atoms with Crippen LogP contribution < -0.4 is 5.32 Å². The Kier molecular flexibility index (Phi) is 7.72. The van der Waals surface area contributed by atoms with Crippen molar-refractivity contribution in [2.75, 3.05) is 0 Å². The summed E-state index contributed by atoms with van der Waals surface area (Å²) in [7, 11) is 0. The van der Waals surface area contributed by atoms with Gasteiger partial charge in [-0.1, -0.05) is 18.2 Å². The van der Waals surface area contributed by atoms with Gasteiger partial charge in [-0.05, 0) is 79.4 Å². The number of amides is 2. The predicted molar refractivity (Wildman–Crippen MR) is 135 cm³/mol. The molecule has 2 heterocycles. The minimum absolute atomic E-state index is 0.0543. The fourth-order valence-corrected chi connectivity index (χ4v) is 4.49. The lowest BCUT2D eigenvalue weighted by molar-refractivity contribution is -0.143. The molecule has 2 aromatic heterocycles. The van der Waals surface area contributed by atoms with Gasteiger partial charge < -0.3 is 10.2 Å². The second-order valence-corrected chi connectivity index (χ2v) is 10.4. The average molecular weight is 525 g/mol. The van der Waals surface area contributed by atoms with Crippen LogP contribution in [0, 0.1) is 11.6 Å². The molecule has 1 unspecified atom stereocenters. The number of benzene rings is 2. The van der Waals surface area contributed by atoms with Gasteiger partial charge in [0.2, 0.25) is 17.6 Å². The lowest BCUT2D eigenvalue weighted by Gasteiger charge is -2.33. The van der Waals surface area contributed by atoms with E-state index < -0.39 is 29.1 Å². The number of aromatic nitrogens is 4. The minimum Gasteiger partial charge on any atom is -0.349 e. The Bertz CT molecular complexity index is 1350. The van der Waals surface area contributed by atoms with E-state index in [4.69, 9.17) is 0 Å². The second-order valence-electron chi connectivity index (χ2n) is 9.46. The van der Waals surface area contributed by atoms with Crippen LogP contribution in [-0.4, -0.2) is 42.5 Å². The van der Waals surface area contributed by atoms with Gasteiger partial charge in [0.05, 0.1) is 0 Å². The van der Waals surface area contributed by atoms with Crippen molar-refractivity contribution in [2.24, 2.45) is 0 Å². The molecule has 2 aromatic carbocycles. The topological polar surface area (TPSA) is 93.0 Å². The third kappa shape index (κ3) is 6.82. The normalized spacial score (nSPS) is 12.2. The van der Waals surface area contributed by atoms with E-state index in [1.165, 1.54) is 52.6 Å². The van der Waals surface area contributed by atoms with Crippen LogP contribution in [0.2, 0.25) is 0 Å². The molecule has 8 nitrogen and oxygen atoms in total. The zero-order chi connectivity index (χ0) is 26.6. The molecule has 1 N–H and O–H groups in total. The van der Waals surface area contributed by atoms with Crippen LogP contribution in [0.1, 0.15) is 37.3 Å². The Labute approximate surface area is 216 Å². The van der Waals surface area contributed by atoms with Gasteiger partial charge in [-0.3, -0.25) is 9.59 Å². The van der Waals surface area contributed by atoms with Crippen LogP contribution in [0.5, 0.6) is 0 Å². The zero-order valence-electron chi connectivity index (χ0n) is 20.6. The molecule has 0 radical (unpaired) electrons. The van der Waals surface area contributed by atoms with E-state index in [0.29, 0.717) is 16.0 Å². The quantitative estimate of drug-likeness (QED) is 0.370. The van der Waals surface area contributed by atoms with E-state index in [1.54, 1.807) is 18.2 Å². The van der Waals surface area contributed by atoms with Crippen LogP contribution in [-0.2, 0) is 22.7 Å². The molecule has 1 atom stereocenters. The number of carbonyl (C=O) groups excluding carboxylic acids is 2. The fraction of sp³-hybridized carbons (Fsp3) is 0.269. The summed E-state index contributed by atoms with van der Waals surface area (Å²) in [6.45, 7) is 5.34. The fourth-order valence-electron chi connectivity index (χ4n) is 3.66. The van der Waals surface area contributed by atoms with Crippen molar-refractivity contribution in [2.45, 2.75) is 45.4 Å². The number of hydrogen-bond acceptors (Lipinski definition) is 6. The monoisotopic (exact) mass is 524 g/mol. The highest BCUT2D eigenvalue weighted by Gasteiger charge is 2.34. The summed E-state index contributed by atoms with van der Waals surface area (Å²) in [4.78, 5) is 30.4. The number of hydrogen-bond donors (Lipinski definition) is 1. The van der Waals surface area contributed by atoms with Gasteiger partial charge in [0.15, 0.2) is 0 Å². The first-order valence-corrected chi connectivity index (χ1v) is 12.4. The van der Waals surface area contributed by atoms with Crippen molar-refractivity contribution in [1.29, 1.82) is 0 Å². The Morgan fingerprint density at radius 2 is 1.68 bits per heavy atom. The Balaban J connectivity index is 1.65. The SMILES string of the molecule is CC(C)(C)NC(=O)C(c1cccs1)N(Cc1ccc(F)cc1)C(=O)Cn1nnc(-c2ccc(F)cc2)n1. The van der Waals surface area contributed by atoms with Crippen LogP contribution in [0.15, 0.2) is 66.0 Å². The van der Waals surface area contributed by atoms with E-state index in [1.807, 2.05) is 32.2 Å². The molecule has 4 rings (SSSR count). The molecule has 192 valence electrons. The summed E-state index contributed by atoms with van der Waals surface area (Å²) in [6.07, 6.45) is 0. The van der Waals surface area contributed by atoms with E-state index >= 15 is 0 Å². The summed E-state index contributed by atoms with van der Waals surface area (Å²) in [6, 6.07) is 14.0. The van der Waals surface area contributed by atoms with Gasteiger partial charge in [-0.25, -0.2) is 8.78 Å². The lowest BCUT2D eigenvalue weighted by atomic mass is 10.1. The molecule has 0 aliphatic rings. The zero-order valence-corrected chi connectivity index (χ0v) is 21.4. The number of halogens is 2. The number of nitrogens with zero attached hydrogens (tertiary/aromatic N) is 5. The molecule has 0 aliphatic heterocycles. The van der Waals surface area contributed by atoms with E-state index in [9.17, 15) is 18.4 Å². The maximum absolute atomic E-state index is 13.7. The predicted octanol–water partition coefficient (Wildman–Crippen LogP) is 4.36. The molecule has 37 heavy (non-hydrogen) atoms. The van der Waals surface area contributed by atoms with Crippen molar-refractivity contribution < 1.29 is 18.4 Å². The standard InChI is InChI=1S/C26H26F2N6O2S/c1-26(2,3)29-25(36)23(21-5-4-14-37-21)33(15-17-6-10-19(27)11-7-17)22(35)16-34-31-24(30-32-34)18-8-12-20(28)13-9-18/h4-14,23H,15-16H2,1-3H3,(H,29,36). The van der Waals surface area contributed by atoms with E-state index in [-0.39, 0.29) is 24.8 Å². The summed E-state index contributed by atoms with van der Waals surface area (Å²) < 4.78 is 26.8. The van der Waals surface area contributed by atoms with Crippen molar-refractivity contribution in [3.8, 4) is 11.4 Å². The average Bonchev–Trinajstić information content (AvgIpc) is 3.52. The summed E-state index contributed by atoms with van der Waals surface area (Å²) in [5, 5.41) is 17.0. The minimum atomic E-state index is -0.933. The maximum atomic E-state index is 13.7. The van der Waals surface area contributed by atoms with Gasteiger partial charge >= 0.3 is 0 Å². The molecule has 11 heteroatoms. The van der Waals surface area contributed by atoms with Crippen LogP contribution in [0.25, 0.3) is 11.4 Å². The van der Waals surface area contributed by atoms with Crippen LogP contribution in [0.4, 0.5) is 8.78 Å². The molecule has 0 aliphatic carbocycles. The van der Waals surface area contributed by atoms with Crippen molar-refractivity contribution >= 4 is 23.2 Å². The molecule has 0 bridgehead atoms. The largest absolute Gasteiger partial charge is 0.349 e. The van der Waals surface area contributed by atoms with Crippen LogP contribution >= 0.6 is 11.3 Å². The summed E-state index contributed by atoms with van der Waals surface area (Å²) >= 11 is 1.36. The third-order valence-corrected chi connectivity index (χ3v) is 6.21. The number of nitrogens with one attached hydrogen (secondary N) is 1. The number of carbonyl (C=O) groups is 2. The lowest BCUT2D eigenvalue weighted by Crippen LogP contribution is -2.49. The molecule has 2 amide bonds. The van der Waals surface area contributed by atoms with Crippen molar-refractivity contribution in [3.63, 3.8) is 0 Å². The van der Waals surface area contributed by atoms with E-state index in [0.717, 1.165) is 4.80 Å². The first-order valence-electron chi connectivity index (χ1n) is 11.5. The molecular formula is C26H26F2N6O2S. The van der Waals surface area contributed by atoms with Crippen molar-refractivity contribution in [3.05, 3.63) is 88.1 Å². The van der Waals surface area contributed by atoms with Crippen molar-refractivity contribution in [1.82, 2.24) is 30.4 Å². The van der Waals surface area contributed by atoms with Gasteiger partial charge in [0.1, 0.15) is 24.2 Å². The molecule has 0 saturated carbocycles. The Morgan fingerprint density at radius 1 is 1.03 bits per heavy atom. The maximum Gasteiger partial charge on any atom is 0.248 e. The number of rotatable bonds is 8. The smallest absolute Gasteiger partial charge is 0.248 e. The first kappa shape index (κ1) is 26.1. The molecule has 0 fully saturated rings. The molecular weight excluding hydrogens is 498 g/mol. The summed E-state index contributed by atoms with van der Waals surface area (Å²) in [5.74, 6) is -1.34.